The highest BCUT2D eigenvalue weighted by molar-refractivity contribution is 6.76. The summed E-state index contributed by atoms with van der Waals surface area (Å²) in [7, 11) is -2.55. The Balaban J connectivity index is 1.65. The maximum Gasteiger partial charge on any atom is 0.165 e. The zero-order chi connectivity index (χ0) is 35.4. The van der Waals surface area contributed by atoms with Gasteiger partial charge in [0.2, 0.25) is 0 Å². The van der Waals surface area contributed by atoms with Crippen molar-refractivity contribution in [2.24, 2.45) is 11.8 Å². The Kier molecular flexibility index (Phi) is 12.1. The average Bonchev–Trinajstić information content (AvgIpc) is 3.60. The quantitative estimate of drug-likeness (QED) is 0.0645. The monoisotopic (exact) mass is 707 g/mol. The van der Waals surface area contributed by atoms with Gasteiger partial charge >= 0.3 is 0 Å². The predicted molar refractivity (Wildman–Crippen MR) is 205 cm³/mol. The second kappa shape index (κ2) is 15.8. The van der Waals surface area contributed by atoms with E-state index in [0.717, 1.165) is 70.6 Å². The molecule has 9 nitrogen and oxygen atoms in total. The number of fused-ring (bicyclic) bond motifs is 3. The Bertz CT molecular complexity index is 1520. The molecule has 2 bridgehead atoms. The van der Waals surface area contributed by atoms with Gasteiger partial charge in [0, 0.05) is 58.2 Å². The topological polar surface area (TPSA) is 94.2 Å². The number of rotatable bonds is 17. The van der Waals surface area contributed by atoms with E-state index in [2.05, 4.69) is 55.2 Å². The van der Waals surface area contributed by atoms with E-state index >= 15 is 0 Å². The van der Waals surface area contributed by atoms with Gasteiger partial charge < -0.3 is 24.2 Å². The maximum atomic E-state index is 10.6. The number of nitrogens with zero attached hydrogens (tertiary/aromatic N) is 5. The van der Waals surface area contributed by atoms with Gasteiger partial charge in [0.15, 0.2) is 5.65 Å². The summed E-state index contributed by atoms with van der Waals surface area (Å²) >= 11 is 0. The molecule has 3 aromatic rings. The standard InChI is InChI=1S/C38H61N5O4Si2/c1-10-45-16-15-32-35(31-22-28-11-12-29(21-28)23-31)41-36-33(30-13-14-34(39-24-30)38(2,3)44)25-40-43(36)37(32)42(26-46-17-19-48(4,5)6)27-47-18-20-49(7,8)9/h13-16,24-25,28-29,31,44H,10-12,17-23,26-27H2,1-9H3/b16-15-/t28-,29+,31?. The van der Waals surface area contributed by atoms with Crippen molar-refractivity contribution in [3.63, 3.8) is 0 Å². The fourth-order valence-corrected chi connectivity index (χ4v) is 8.62. The van der Waals surface area contributed by atoms with Crippen LogP contribution in [-0.4, -0.2) is 74.1 Å². The van der Waals surface area contributed by atoms with E-state index in [1.54, 1.807) is 13.8 Å². The lowest BCUT2D eigenvalue weighted by molar-refractivity contribution is 0.0739. The summed E-state index contributed by atoms with van der Waals surface area (Å²) in [5, 5.41) is 15.6. The van der Waals surface area contributed by atoms with Gasteiger partial charge in [0.25, 0.3) is 0 Å². The van der Waals surface area contributed by atoms with Crippen LogP contribution in [0.1, 0.15) is 75.7 Å². The summed E-state index contributed by atoms with van der Waals surface area (Å²) in [6.07, 6.45) is 13.9. The van der Waals surface area contributed by atoms with E-state index in [1.807, 2.05) is 42.2 Å². The molecule has 0 aliphatic heterocycles. The summed E-state index contributed by atoms with van der Waals surface area (Å²) < 4.78 is 20.7. The smallest absolute Gasteiger partial charge is 0.165 e. The molecule has 2 aliphatic carbocycles. The number of pyridine rings is 1. The first-order valence-corrected chi connectivity index (χ1v) is 25.8. The molecule has 3 aromatic heterocycles. The van der Waals surface area contributed by atoms with Crippen LogP contribution in [0, 0.1) is 11.8 Å². The number of aliphatic hydroxyl groups is 1. The summed E-state index contributed by atoms with van der Waals surface area (Å²) in [6.45, 7) is 22.6. The third-order valence-electron chi connectivity index (χ3n) is 9.95. The zero-order valence-electron chi connectivity index (χ0n) is 31.6. The molecular formula is C38H61N5O4Si2. The molecule has 0 saturated heterocycles. The van der Waals surface area contributed by atoms with Crippen LogP contribution in [0.2, 0.25) is 51.4 Å². The Hall–Kier alpha value is -2.58. The number of ether oxygens (including phenoxy) is 3. The van der Waals surface area contributed by atoms with E-state index in [1.165, 1.54) is 19.3 Å². The minimum atomic E-state index is -1.27. The summed E-state index contributed by atoms with van der Waals surface area (Å²) in [5.74, 6) is 2.77. The van der Waals surface area contributed by atoms with Crippen LogP contribution in [-0.2, 0) is 19.8 Å². The van der Waals surface area contributed by atoms with Crippen LogP contribution in [0.3, 0.4) is 0 Å². The van der Waals surface area contributed by atoms with Crippen molar-refractivity contribution in [1.82, 2.24) is 19.6 Å². The molecule has 0 amide bonds. The molecule has 2 aliphatic rings. The van der Waals surface area contributed by atoms with Crippen molar-refractivity contribution in [2.75, 3.05) is 38.2 Å². The lowest BCUT2D eigenvalue weighted by atomic mass is 9.78. The van der Waals surface area contributed by atoms with E-state index in [-0.39, 0.29) is 0 Å². The SMILES string of the molecule is CCO/C=C\c1c(C2C[C@H]3CC[C@@H](C2)C3)nc2c(-c3ccc(C(C)(C)O)nc3)cnn2c1N(COCC[Si](C)(C)C)COCC[Si](C)(C)C. The molecule has 2 fully saturated rings. The van der Waals surface area contributed by atoms with Crippen LogP contribution in [0.15, 0.2) is 30.8 Å². The normalized spacial score (nSPS) is 20.1. The lowest BCUT2D eigenvalue weighted by Gasteiger charge is -2.32. The van der Waals surface area contributed by atoms with Crippen molar-refractivity contribution in [1.29, 1.82) is 0 Å². The first kappa shape index (κ1) is 37.7. The first-order valence-electron chi connectivity index (χ1n) is 18.4. The van der Waals surface area contributed by atoms with Crippen molar-refractivity contribution in [3.05, 3.63) is 47.7 Å². The molecule has 1 unspecified atom stereocenters. The number of hydrogen-bond donors (Lipinski definition) is 1. The molecule has 2 saturated carbocycles. The summed E-state index contributed by atoms with van der Waals surface area (Å²) in [6, 6.07) is 6.09. The van der Waals surface area contributed by atoms with E-state index in [0.29, 0.717) is 44.9 Å². The third kappa shape index (κ3) is 10.0. The molecule has 1 N–H and O–H groups in total. The number of hydrogen-bond acceptors (Lipinski definition) is 8. The van der Waals surface area contributed by atoms with Crippen molar-refractivity contribution in [2.45, 2.75) is 116 Å². The van der Waals surface area contributed by atoms with Crippen molar-refractivity contribution >= 4 is 33.7 Å². The third-order valence-corrected chi connectivity index (χ3v) is 13.4. The summed E-state index contributed by atoms with van der Waals surface area (Å²) in [4.78, 5) is 12.3. The van der Waals surface area contributed by atoms with Gasteiger partial charge in [-0.3, -0.25) is 4.98 Å². The zero-order valence-corrected chi connectivity index (χ0v) is 33.6. The van der Waals surface area contributed by atoms with Gasteiger partial charge in [0.1, 0.15) is 24.9 Å². The van der Waals surface area contributed by atoms with Crippen LogP contribution in [0.5, 0.6) is 0 Å². The van der Waals surface area contributed by atoms with Crippen LogP contribution < -0.4 is 4.90 Å². The Morgan fingerprint density at radius 2 is 1.57 bits per heavy atom. The van der Waals surface area contributed by atoms with Gasteiger partial charge in [-0.1, -0.05) is 58.2 Å². The molecule has 0 spiro atoms. The van der Waals surface area contributed by atoms with Gasteiger partial charge in [-0.25, -0.2) is 4.98 Å². The molecule has 11 heteroatoms. The lowest BCUT2D eigenvalue weighted by Crippen LogP contribution is -2.34. The molecule has 0 radical (unpaired) electrons. The van der Waals surface area contributed by atoms with E-state index < -0.39 is 21.7 Å². The van der Waals surface area contributed by atoms with Gasteiger partial charge in [-0.15, -0.1) is 0 Å². The number of anilines is 1. The molecule has 49 heavy (non-hydrogen) atoms. The fraction of sp³-hybridized carbons (Fsp3) is 0.658. The predicted octanol–water partition coefficient (Wildman–Crippen LogP) is 8.75. The second-order valence-corrected chi connectivity index (χ2v) is 28.5. The van der Waals surface area contributed by atoms with Crippen molar-refractivity contribution < 1.29 is 19.3 Å². The molecule has 5 rings (SSSR count). The largest absolute Gasteiger partial charge is 0.501 e. The Labute approximate surface area is 296 Å². The van der Waals surface area contributed by atoms with Crippen LogP contribution in [0.25, 0.3) is 22.9 Å². The van der Waals surface area contributed by atoms with Gasteiger partial charge in [-0.2, -0.15) is 9.61 Å². The minimum Gasteiger partial charge on any atom is -0.501 e. The van der Waals surface area contributed by atoms with Gasteiger partial charge in [-0.05, 0) is 76.1 Å². The van der Waals surface area contributed by atoms with Crippen LogP contribution in [0.4, 0.5) is 5.82 Å². The van der Waals surface area contributed by atoms with E-state index in [4.69, 9.17) is 24.3 Å². The summed E-state index contributed by atoms with van der Waals surface area (Å²) in [5.41, 5.74) is 4.36. The maximum absolute atomic E-state index is 10.6. The van der Waals surface area contributed by atoms with Crippen molar-refractivity contribution in [3.8, 4) is 11.1 Å². The molecule has 3 heterocycles. The minimum absolute atomic E-state index is 0.345. The Morgan fingerprint density at radius 3 is 2.10 bits per heavy atom. The second-order valence-electron chi connectivity index (χ2n) is 17.2. The number of aromatic nitrogens is 4. The average molecular weight is 708 g/mol. The molecular weight excluding hydrogens is 647 g/mol. The highest BCUT2D eigenvalue weighted by Crippen LogP contribution is 2.49. The van der Waals surface area contributed by atoms with Crippen LogP contribution >= 0.6 is 0 Å². The fourth-order valence-electron chi connectivity index (χ4n) is 7.11. The van der Waals surface area contributed by atoms with E-state index in [9.17, 15) is 5.11 Å². The first-order chi connectivity index (χ1) is 23.1. The molecule has 270 valence electrons. The van der Waals surface area contributed by atoms with Gasteiger partial charge in [0.05, 0.1) is 30.5 Å². The Morgan fingerprint density at radius 1 is 0.939 bits per heavy atom. The molecule has 0 aromatic carbocycles. The highest BCUT2D eigenvalue weighted by Gasteiger charge is 2.37. The highest BCUT2D eigenvalue weighted by atomic mass is 28.3. The molecule has 3 atom stereocenters.